The van der Waals surface area contributed by atoms with E-state index in [4.69, 9.17) is 4.52 Å². The number of piperazine rings is 1. The average molecular weight is 456 g/mol. The predicted octanol–water partition coefficient (Wildman–Crippen LogP) is 3.88. The van der Waals surface area contributed by atoms with E-state index in [0.29, 0.717) is 34.6 Å². The second kappa shape index (κ2) is 9.75. The Balaban J connectivity index is 1.33. The Hall–Kier alpha value is -3.55. The third kappa shape index (κ3) is 4.85. The molecule has 0 spiro atoms. The van der Waals surface area contributed by atoms with E-state index >= 15 is 0 Å². The first kappa shape index (κ1) is 22.3. The standard InChI is InChI=1S/C27H29N5O2/c1-19-25-23(16-24(29-27(25)34-30-19)22-9-4-3-5-10-22)26(33)28-17-20-7-6-8-21(15-20)18-32-13-11-31(2)12-14-32/h3-10,15-16H,11-14,17-18H2,1-2H3,(H,28,33). The van der Waals surface area contributed by atoms with Crippen molar-refractivity contribution in [2.75, 3.05) is 33.2 Å². The van der Waals surface area contributed by atoms with Crippen LogP contribution in [0.5, 0.6) is 0 Å². The maximum Gasteiger partial charge on any atom is 0.259 e. The van der Waals surface area contributed by atoms with Gasteiger partial charge in [0, 0.05) is 44.8 Å². The van der Waals surface area contributed by atoms with Crippen LogP contribution in [0.4, 0.5) is 0 Å². The van der Waals surface area contributed by atoms with Crippen LogP contribution in [-0.4, -0.2) is 59.1 Å². The average Bonchev–Trinajstić information content (AvgIpc) is 3.25. The molecule has 1 amide bonds. The van der Waals surface area contributed by atoms with E-state index < -0.39 is 0 Å². The van der Waals surface area contributed by atoms with Gasteiger partial charge in [0.2, 0.25) is 0 Å². The first-order valence-corrected chi connectivity index (χ1v) is 11.7. The van der Waals surface area contributed by atoms with Gasteiger partial charge < -0.3 is 14.7 Å². The molecule has 1 aliphatic rings. The Bertz CT molecular complexity index is 1290. The largest absolute Gasteiger partial charge is 0.348 e. The maximum atomic E-state index is 13.3. The lowest BCUT2D eigenvalue weighted by atomic mass is 10.0. The number of carbonyl (C=O) groups excluding carboxylic acids is 1. The Kier molecular flexibility index (Phi) is 6.38. The first-order valence-electron chi connectivity index (χ1n) is 11.7. The quantitative estimate of drug-likeness (QED) is 0.476. The molecule has 7 heteroatoms. The highest BCUT2D eigenvalue weighted by Gasteiger charge is 2.19. The minimum absolute atomic E-state index is 0.166. The fraction of sp³-hybridized carbons (Fsp3) is 0.296. The summed E-state index contributed by atoms with van der Waals surface area (Å²) in [5, 5.41) is 7.78. The molecule has 0 unspecified atom stereocenters. The summed E-state index contributed by atoms with van der Waals surface area (Å²) in [5.74, 6) is -0.166. The van der Waals surface area contributed by atoms with Gasteiger partial charge in [0.05, 0.1) is 22.3 Å². The minimum Gasteiger partial charge on any atom is -0.348 e. The number of likely N-dealkylation sites (N-methyl/N-ethyl adjacent to an activating group) is 1. The van der Waals surface area contributed by atoms with Crippen molar-refractivity contribution >= 4 is 17.0 Å². The molecule has 1 aliphatic heterocycles. The van der Waals surface area contributed by atoms with Crippen molar-refractivity contribution in [3.05, 3.63) is 83.0 Å². The molecule has 0 atom stereocenters. The Labute approximate surface area is 199 Å². The van der Waals surface area contributed by atoms with E-state index in [1.165, 1.54) is 5.56 Å². The number of carbonyl (C=O) groups is 1. The molecule has 2 aromatic heterocycles. The maximum absolute atomic E-state index is 13.3. The fourth-order valence-corrected chi connectivity index (χ4v) is 4.41. The lowest BCUT2D eigenvalue weighted by Gasteiger charge is -2.32. The normalized spacial score (nSPS) is 15.0. The Morgan fingerprint density at radius 3 is 2.56 bits per heavy atom. The van der Waals surface area contributed by atoms with Crippen molar-refractivity contribution in [2.45, 2.75) is 20.0 Å². The molecule has 0 saturated carbocycles. The summed E-state index contributed by atoms with van der Waals surface area (Å²) in [5.41, 5.74) is 5.50. The van der Waals surface area contributed by atoms with Gasteiger partial charge in [-0.15, -0.1) is 0 Å². The highest BCUT2D eigenvalue weighted by molar-refractivity contribution is 6.06. The molecule has 34 heavy (non-hydrogen) atoms. The summed E-state index contributed by atoms with van der Waals surface area (Å²) < 4.78 is 5.41. The molecule has 2 aromatic carbocycles. The van der Waals surface area contributed by atoms with Gasteiger partial charge in [0.25, 0.3) is 11.6 Å². The van der Waals surface area contributed by atoms with E-state index in [1.807, 2.05) is 43.3 Å². The summed E-state index contributed by atoms with van der Waals surface area (Å²) in [4.78, 5) is 22.7. The molecular formula is C27H29N5O2. The number of rotatable bonds is 6. The number of aromatic nitrogens is 2. The Morgan fingerprint density at radius 1 is 1.00 bits per heavy atom. The highest BCUT2D eigenvalue weighted by Crippen LogP contribution is 2.27. The molecule has 0 bridgehead atoms. The smallest absolute Gasteiger partial charge is 0.259 e. The van der Waals surface area contributed by atoms with Crippen LogP contribution in [-0.2, 0) is 13.1 Å². The minimum atomic E-state index is -0.166. The number of hydrogen-bond donors (Lipinski definition) is 1. The summed E-state index contributed by atoms with van der Waals surface area (Å²) in [7, 11) is 2.17. The molecular weight excluding hydrogens is 426 g/mol. The molecule has 3 heterocycles. The third-order valence-electron chi connectivity index (χ3n) is 6.38. The second-order valence-corrected chi connectivity index (χ2v) is 8.95. The number of pyridine rings is 1. The Morgan fingerprint density at radius 2 is 1.76 bits per heavy atom. The third-order valence-corrected chi connectivity index (χ3v) is 6.38. The first-order chi connectivity index (χ1) is 16.6. The number of amides is 1. The zero-order valence-electron chi connectivity index (χ0n) is 19.6. The highest BCUT2D eigenvalue weighted by atomic mass is 16.5. The van der Waals surface area contributed by atoms with Gasteiger partial charge in [0.15, 0.2) is 0 Å². The van der Waals surface area contributed by atoms with Crippen LogP contribution < -0.4 is 5.32 Å². The van der Waals surface area contributed by atoms with Crippen LogP contribution in [0.25, 0.3) is 22.4 Å². The molecule has 5 rings (SSSR count). The molecule has 0 radical (unpaired) electrons. The van der Waals surface area contributed by atoms with E-state index in [-0.39, 0.29) is 5.91 Å². The SMILES string of the molecule is Cc1noc2nc(-c3ccccc3)cc(C(=O)NCc3cccc(CN4CCN(C)CC4)c3)c12. The van der Waals surface area contributed by atoms with E-state index in [0.717, 1.165) is 43.9 Å². The van der Waals surface area contributed by atoms with E-state index in [1.54, 1.807) is 0 Å². The van der Waals surface area contributed by atoms with Crippen molar-refractivity contribution in [2.24, 2.45) is 0 Å². The number of fused-ring (bicyclic) bond motifs is 1. The van der Waals surface area contributed by atoms with Crippen LogP contribution in [0.1, 0.15) is 27.2 Å². The van der Waals surface area contributed by atoms with Crippen LogP contribution in [0.15, 0.2) is 65.2 Å². The van der Waals surface area contributed by atoms with E-state index in [9.17, 15) is 4.79 Å². The van der Waals surface area contributed by atoms with Crippen molar-refractivity contribution in [3.63, 3.8) is 0 Å². The molecule has 174 valence electrons. The van der Waals surface area contributed by atoms with Crippen LogP contribution in [0.2, 0.25) is 0 Å². The fourth-order valence-electron chi connectivity index (χ4n) is 4.41. The van der Waals surface area contributed by atoms with Crippen molar-refractivity contribution in [1.29, 1.82) is 0 Å². The topological polar surface area (TPSA) is 74.5 Å². The van der Waals surface area contributed by atoms with Crippen molar-refractivity contribution < 1.29 is 9.32 Å². The number of aryl methyl sites for hydroxylation is 1. The molecule has 1 saturated heterocycles. The number of hydrogen-bond acceptors (Lipinski definition) is 6. The molecule has 7 nitrogen and oxygen atoms in total. The predicted molar refractivity (Wildman–Crippen MR) is 132 cm³/mol. The monoisotopic (exact) mass is 455 g/mol. The summed E-state index contributed by atoms with van der Waals surface area (Å²) in [6.45, 7) is 7.57. The van der Waals surface area contributed by atoms with Gasteiger partial charge in [-0.05, 0) is 31.2 Å². The van der Waals surface area contributed by atoms with Crippen LogP contribution in [0, 0.1) is 6.92 Å². The van der Waals surface area contributed by atoms with Crippen molar-refractivity contribution in [1.82, 2.24) is 25.3 Å². The molecule has 1 fully saturated rings. The van der Waals surface area contributed by atoms with Gasteiger partial charge in [-0.2, -0.15) is 0 Å². The zero-order chi connectivity index (χ0) is 23.5. The van der Waals surface area contributed by atoms with Gasteiger partial charge in [0.1, 0.15) is 0 Å². The van der Waals surface area contributed by atoms with Gasteiger partial charge in [-0.3, -0.25) is 9.69 Å². The van der Waals surface area contributed by atoms with Gasteiger partial charge >= 0.3 is 0 Å². The van der Waals surface area contributed by atoms with Gasteiger partial charge in [-0.1, -0.05) is 59.8 Å². The number of nitrogens with zero attached hydrogens (tertiary/aromatic N) is 4. The zero-order valence-corrected chi connectivity index (χ0v) is 19.6. The number of nitrogens with one attached hydrogen (secondary N) is 1. The molecule has 0 aliphatic carbocycles. The molecule has 1 N–H and O–H groups in total. The van der Waals surface area contributed by atoms with Crippen LogP contribution in [0.3, 0.4) is 0 Å². The van der Waals surface area contributed by atoms with Crippen LogP contribution >= 0.6 is 0 Å². The lowest BCUT2D eigenvalue weighted by molar-refractivity contribution is 0.0952. The van der Waals surface area contributed by atoms with Gasteiger partial charge in [-0.25, -0.2) is 4.98 Å². The second-order valence-electron chi connectivity index (χ2n) is 8.95. The van der Waals surface area contributed by atoms with Crippen molar-refractivity contribution in [3.8, 4) is 11.3 Å². The molecule has 4 aromatic rings. The number of benzene rings is 2. The lowest BCUT2D eigenvalue weighted by Crippen LogP contribution is -2.43. The summed E-state index contributed by atoms with van der Waals surface area (Å²) in [6.07, 6.45) is 0. The van der Waals surface area contributed by atoms with E-state index in [2.05, 4.69) is 56.6 Å². The summed E-state index contributed by atoms with van der Waals surface area (Å²) in [6, 6.07) is 20.0. The summed E-state index contributed by atoms with van der Waals surface area (Å²) >= 11 is 0.